The zero-order chi connectivity index (χ0) is 22.8. The molecule has 33 heavy (non-hydrogen) atoms. The summed E-state index contributed by atoms with van der Waals surface area (Å²) in [5, 5.41) is 14.5. The highest BCUT2D eigenvalue weighted by atomic mass is 16.5. The molecule has 0 spiro atoms. The van der Waals surface area contributed by atoms with Gasteiger partial charge in [-0.15, -0.1) is 0 Å². The van der Waals surface area contributed by atoms with E-state index in [0.29, 0.717) is 17.9 Å². The minimum absolute atomic E-state index is 0.162. The van der Waals surface area contributed by atoms with Gasteiger partial charge in [-0.3, -0.25) is 14.3 Å². The van der Waals surface area contributed by atoms with Gasteiger partial charge in [0, 0.05) is 36.4 Å². The van der Waals surface area contributed by atoms with Crippen LogP contribution in [0.1, 0.15) is 37.1 Å². The largest absolute Gasteiger partial charge is 0.489 e. The third kappa shape index (κ3) is 4.26. The van der Waals surface area contributed by atoms with Crippen molar-refractivity contribution in [2.45, 2.75) is 32.5 Å². The van der Waals surface area contributed by atoms with Crippen LogP contribution in [0.2, 0.25) is 0 Å². The summed E-state index contributed by atoms with van der Waals surface area (Å²) in [5.74, 6) is 0.508. The standard InChI is InChI=1S/C26H25N5O2/c1-19(29-11-2-3-12-29)31-25-9-8-23(14-22(25)17-28-31)30-13-10-24(15-26(30)32)33-18-21-6-4-20(16-27)5-7-21/h4-10,13-15,17,19H,2-3,11-12,18H2,1H3. The van der Waals surface area contributed by atoms with E-state index in [0.717, 1.165) is 35.2 Å². The number of hydrogen-bond acceptors (Lipinski definition) is 5. The molecule has 7 nitrogen and oxygen atoms in total. The first-order valence-corrected chi connectivity index (χ1v) is 11.2. The summed E-state index contributed by atoms with van der Waals surface area (Å²) in [5.41, 5.74) is 3.23. The van der Waals surface area contributed by atoms with Crippen LogP contribution in [0.3, 0.4) is 0 Å². The third-order valence-corrected chi connectivity index (χ3v) is 6.26. The molecule has 1 atom stereocenters. The number of nitriles is 1. The number of aromatic nitrogens is 3. The van der Waals surface area contributed by atoms with Crippen molar-refractivity contribution in [3.8, 4) is 17.5 Å². The van der Waals surface area contributed by atoms with E-state index in [1.54, 1.807) is 29.0 Å². The Morgan fingerprint density at radius 1 is 1.09 bits per heavy atom. The van der Waals surface area contributed by atoms with Gasteiger partial charge in [0.1, 0.15) is 18.5 Å². The molecule has 0 radical (unpaired) electrons. The number of likely N-dealkylation sites (tertiary alicyclic amines) is 1. The Hall–Kier alpha value is -3.89. The summed E-state index contributed by atoms with van der Waals surface area (Å²) in [6.45, 7) is 4.73. The van der Waals surface area contributed by atoms with Crippen LogP contribution in [0.4, 0.5) is 0 Å². The number of fused-ring (bicyclic) bond motifs is 1. The van der Waals surface area contributed by atoms with E-state index in [-0.39, 0.29) is 11.7 Å². The molecule has 0 N–H and O–H groups in total. The van der Waals surface area contributed by atoms with Gasteiger partial charge in [0.2, 0.25) is 0 Å². The predicted molar refractivity (Wildman–Crippen MR) is 126 cm³/mol. The molecule has 1 aliphatic heterocycles. The highest BCUT2D eigenvalue weighted by molar-refractivity contribution is 5.81. The number of rotatable bonds is 6. The third-order valence-electron chi connectivity index (χ3n) is 6.26. The quantitative estimate of drug-likeness (QED) is 0.449. The van der Waals surface area contributed by atoms with Gasteiger partial charge < -0.3 is 4.74 Å². The first kappa shape index (κ1) is 21.0. The molecule has 5 rings (SSSR count). The second kappa shape index (κ2) is 8.93. The van der Waals surface area contributed by atoms with Crippen molar-refractivity contribution in [3.63, 3.8) is 0 Å². The Bertz CT molecular complexity index is 1370. The average molecular weight is 440 g/mol. The smallest absolute Gasteiger partial charge is 0.258 e. The van der Waals surface area contributed by atoms with Crippen LogP contribution in [0.5, 0.6) is 5.75 Å². The van der Waals surface area contributed by atoms with Crippen molar-refractivity contribution in [2.24, 2.45) is 0 Å². The van der Waals surface area contributed by atoms with E-state index in [1.807, 2.05) is 36.5 Å². The Morgan fingerprint density at radius 3 is 2.61 bits per heavy atom. The molecule has 2 aromatic heterocycles. The lowest BCUT2D eigenvalue weighted by molar-refractivity contribution is 0.184. The van der Waals surface area contributed by atoms with Crippen molar-refractivity contribution in [3.05, 3.63) is 88.5 Å². The van der Waals surface area contributed by atoms with Crippen molar-refractivity contribution >= 4 is 10.9 Å². The Kier molecular flexibility index (Phi) is 5.68. The van der Waals surface area contributed by atoms with Crippen LogP contribution in [0, 0.1) is 11.3 Å². The lowest BCUT2D eigenvalue weighted by atomic mass is 10.2. The van der Waals surface area contributed by atoms with Crippen LogP contribution in [-0.2, 0) is 6.61 Å². The number of ether oxygens (including phenoxy) is 1. The van der Waals surface area contributed by atoms with Crippen LogP contribution >= 0.6 is 0 Å². The van der Waals surface area contributed by atoms with Crippen LogP contribution < -0.4 is 10.3 Å². The summed E-state index contributed by atoms with van der Waals surface area (Å²) in [6.07, 6.45) is 6.29. The predicted octanol–water partition coefficient (Wildman–Crippen LogP) is 4.25. The van der Waals surface area contributed by atoms with Gasteiger partial charge in [-0.05, 0) is 61.7 Å². The maximum Gasteiger partial charge on any atom is 0.258 e. The Morgan fingerprint density at radius 2 is 1.88 bits per heavy atom. The zero-order valence-electron chi connectivity index (χ0n) is 18.5. The summed E-state index contributed by atoms with van der Waals surface area (Å²) in [7, 11) is 0. The minimum Gasteiger partial charge on any atom is -0.489 e. The lowest BCUT2D eigenvalue weighted by Gasteiger charge is -2.24. The fraction of sp³-hybridized carbons (Fsp3) is 0.269. The number of hydrogen-bond donors (Lipinski definition) is 0. The molecule has 1 aliphatic rings. The summed E-state index contributed by atoms with van der Waals surface area (Å²) in [4.78, 5) is 15.2. The summed E-state index contributed by atoms with van der Waals surface area (Å²) in [6, 6.07) is 18.6. The Labute approximate surface area is 192 Å². The van der Waals surface area contributed by atoms with E-state index in [4.69, 9.17) is 10.00 Å². The van der Waals surface area contributed by atoms with Crippen molar-refractivity contribution in [1.82, 2.24) is 19.2 Å². The molecule has 0 aliphatic carbocycles. The molecular weight excluding hydrogens is 414 g/mol. The molecule has 1 fully saturated rings. The minimum atomic E-state index is -0.162. The number of nitrogens with zero attached hydrogens (tertiary/aromatic N) is 5. The molecule has 0 bridgehead atoms. The second-order valence-electron chi connectivity index (χ2n) is 8.38. The van der Waals surface area contributed by atoms with Gasteiger partial charge in [-0.1, -0.05) is 12.1 Å². The molecule has 7 heteroatoms. The first-order chi connectivity index (χ1) is 16.1. The zero-order valence-corrected chi connectivity index (χ0v) is 18.5. The van der Waals surface area contributed by atoms with E-state index in [1.165, 1.54) is 18.9 Å². The van der Waals surface area contributed by atoms with Crippen molar-refractivity contribution in [2.75, 3.05) is 13.1 Å². The maximum absolute atomic E-state index is 12.8. The van der Waals surface area contributed by atoms with E-state index in [9.17, 15) is 4.79 Å². The number of pyridine rings is 1. The van der Waals surface area contributed by atoms with Crippen LogP contribution in [0.25, 0.3) is 16.6 Å². The monoisotopic (exact) mass is 439 g/mol. The molecular formula is C26H25N5O2. The van der Waals surface area contributed by atoms with E-state index >= 15 is 0 Å². The highest BCUT2D eigenvalue weighted by Gasteiger charge is 2.21. The fourth-order valence-electron chi connectivity index (χ4n) is 4.36. The summed E-state index contributed by atoms with van der Waals surface area (Å²) >= 11 is 0. The first-order valence-electron chi connectivity index (χ1n) is 11.2. The van der Waals surface area contributed by atoms with Gasteiger partial charge in [-0.25, -0.2) is 4.68 Å². The molecule has 4 aromatic rings. The molecule has 0 saturated carbocycles. The fourth-order valence-corrected chi connectivity index (χ4v) is 4.36. The van der Waals surface area contributed by atoms with Crippen LogP contribution in [-0.4, -0.2) is 32.3 Å². The van der Waals surface area contributed by atoms with Crippen molar-refractivity contribution in [1.29, 1.82) is 5.26 Å². The SMILES string of the molecule is CC(N1CCCC1)n1ncc2cc(-n3ccc(OCc4ccc(C#N)cc4)cc3=O)ccc21. The normalized spacial score (nSPS) is 14.9. The van der Waals surface area contributed by atoms with Gasteiger partial charge in [0.05, 0.1) is 23.3 Å². The van der Waals surface area contributed by atoms with Gasteiger partial charge in [0.25, 0.3) is 5.56 Å². The molecule has 0 amide bonds. The number of benzene rings is 2. The molecule has 1 unspecified atom stereocenters. The van der Waals surface area contributed by atoms with Gasteiger partial charge in [-0.2, -0.15) is 10.4 Å². The molecule has 166 valence electrons. The molecule has 1 saturated heterocycles. The van der Waals surface area contributed by atoms with E-state index in [2.05, 4.69) is 27.7 Å². The summed E-state index contributed by atoms with van der Waals surface area (Å²) < 4.78 is 9.44. The average Bonchev–Trinajstić information content (AvgIpc) is 3.53. The lowest BCUT2D eigenvalue weighted by Crippen LogP contribution is -2.28. The Balaban J connectivity index is 1.33. The topological polar surface area (TPSA) is 76.1 Å². The maximum atomic E-state index is 12.8. The highest BCUT2D eigenvalue weighted by Crippen LogP contribution is 2.25. The second-order valence-corrected chi connectivity index (χ2v) is 8.38. The van der Waals surface area contributed by atoms with Gasteiger partial charge in [0.15, 0.2) is 0 Å². The van der Waals surface area contributed by atoms with Gasteiger partial charge >= 0.3 is 0 Å². The van der Waals surface area contributed by atoms with Crippen molar-refractivity contribution < 1.29 is 4.74 Å². The van der Waals surface area contributed by atoms with E-state index < -0.39 is 0 Å². The molecule has 3 heterocycles. The van der Waals surface area contributed by atoms with Crippen LogP contribution in [0.15, 0.2) is 71.8 Å². The molecule has 2 aromatic carbocycles.